The second-order valence-electron chi connectivity index (χ2n) is 4.25. The number of fused-ring (bicyclic) bond motifs is 1. The maximum atomic E-state index is 4.56. The minimum Gasteiger partial charge on any atom is -0.344 e. The third-order valence-corrected chi connectivity index (χ3v) is 4.07. The van der Waals surface area contributed by atoms with Crippen molar-refractivity contribution in [2.45, 2.75) is 38.6 Å². The molecule has 0 radical (unpaired) electrons. The van der Waals surface area contributed by atoms with Crippen molar-refractivity contribution in [3.8, 4) is 0 Å². The summed E-state index contributed by atoms with van der Waals surface area (Å²) in [6.07, 6.45) is 5.11. The Labute approximate surface area is 88.3 Å². The van der Waals surface area contributed by atoms with Gasteiger partial charge in [0.05, 0.1) is 0 Å². The van der Waals surface area contributed by atoms with Crippen molar-refractivity contribution >= 4 is 16.7 Å². The molecule has 4 heteroatoms. The van der Waals surface area contributed by atoms with Crippen molar-refractivity contribution < 1.29 is 0 Å². The third kappa shape index (κ3) is 1.32. The lowest BCUT2D eigenvalue weighted by Crippen LogP contribution is -2.31. The predicted molar refractivity (Wildman–Crippen MR) is 57.8 cm³/mol. The highest BCUT2D eigenvalue weighted by atomic mass is 32.1. The first kappa shape index (κ1) is 8.65. The monoisotopic (exact) mass is 209 g/mol. The van der Waals surface area contributed by atoms with E-state index in [0.717, 1.165) is 29.3 Å². The van der Waals surface area contributed by atoms with Crippen LogP contribution in [0.2, 0.25) is 0 Å². The minimum absolute atomic E-state index is 0.807. The highest BCUT2D eigenvalue weighted by molar-refractivity contribution is 7.09. The van der Waals surface area contributed by atoms with Gasteiger partial charge in [-0.05, 0) is 25.2 Å². The summed E-state index contributed by atoms with van der Waals surface area (Å²) < 4.78 is 4.35. The van der Waals surface area contributed by atoms with Crippen molar-refractivity contribution in [1.29, 1.82) is 0 Å². The normalized spacial score (nSPS) is 30.2. The molecule has 0 bridgehead atoms. The van der Waals surface area contributed by atoms with Gasteiger partial charge in [0.1, 0.15) is 5.82 Å². The molecule has 1 saturated carbocycles. The molecule has 0 amide bonds. The molecule has 0 spiro atoms. The molecule has 3 nitrogen and oxygen atoms in total. The van der Waals surface area contributed by atoms with E-state index >= 15 is 0 Å². The standard InChI is InChI=1S/C10H15N3S/c1-2-9-11-10(14-12-9)13-5-3-4-7-6-8(7)13/h7-8H,2-6H2,1H3/t7-,8-/m0/s1. The quantitative estimate of drug-likeness (QED) is 0.747. The van der Waals surface area contributed by atoms with E-state index in [1.807, 2.05) is 0 Å². The van der Waals surface area contributed by atoms with Crippen molar-refractivity contribution in [3.63, 3.8) is 0 Å². The molecule has 2 atom stereocenters. The Morgan fingerprint density at radius 3 is 3.29 bits per heavy atom. The maximum absolute atomic E-state index is 4.56. The van der Waals surface area contributed by atoms with Crippen molar-refractivity contribution in [3.05, 3.63) is 5.82 Å². The Balaban J connectivity index is 1.80. The molecule has 0 aromatic carbocycles. The zero-order chi connectivity index (χ0) is 9.54. The van der Waals surface area contributed by atoms with Crippen molar-refractivity contribution in [1.82, 2.24) is 9.36 Å². The minimum atomic E-state index is 0.807. The van der Waals surface area contributed by atoms with Gasteiger partial charge in [-0.15, -0.1) is 0 Å². The Kier molecular flexibility index (Phi) is 1.97. The molecule has 2 fully saturated rings. The Morgan fingerprint density at radius 1 is 1.57 bits per heavy atom. The maximum Gasteiger partial charge on any atom is 0.205 e. The van der Waals surface area contributed by atoms with Gasteiger partial charge in [-0.3, -0.25) is 0 Å². The molecule has 2 aliphatic rings. The van der Waals surface area contributed by atoms with E-state index in [0.29, 0.717) is 0 Å². The molecule has 1 aromatic rings. The summed E-state index contributed by atoms with van der Waals surface area (Å²) in [5.41, 5.74) is 0. The Morgan fingerprint density at radius 2 is 2.50 bits per heavy atom. The summed E-state index contributed by atoms with van der Waals surface area (Å²) in [4.78, 5) is 7.04. The first-order valence-corrected chi connectivity index (χ1v) is 6.25. The molecule has 76 valence electrons. The van der Waals surface area contributed by atoms with Gasteiger partial charge in [0.15, 0.2) is 0 Å². The van der Waals surface area contributed by atoms with Gasteiger partial charge in [-0.25, -0.2) is 4.98 Å². The summed E-state index contributed by atoms with van der Waals surface area (Å²) in [5, 5.41) is 1.16. The van der Waals surface area contributed by atoms with Gasteiger partial charge in [0.2, 0.25) is 5.13 Å². The molecule has 0 N–H and O–H groups in total. The van der Waals surface area contributed by atoms with Crippen LogP contribution in [0, 0.1) is 5.92 Å². The fourth-order valence-electron chi connectivity index (χ4n) is 2.36. The van der Waals surface area contributed by atoms with E-state index < -0.39 is 0 Å². The molecule has 1 saturated heterocycles. The molecule has 2 heterocycles. The van der Waals surface area contributed by atoms with Crippen LogP contribution in [-0.4, -0.2) is 21.9 Å². The second-order valence-corrected chi connectivity index (χ2v) is 4.98. The van der Waals surface area contributed by atoms with Crippen LogP contribution in [-0.2, 0) is 6.42 Å². The summed E-state index contributed by atoms with van der Waals surface area (Å²) in [5.74, 6) is 1.98. The number of hydrogen-bond donors (Lipinski definition) is 0. The fraction of sp³-hybridized carbons (Fsp3) is 0.800. The predicted octanol–water partition coefficient (Wildman–Crippen LogP) is 2.09. The van der Waals surface area contributed by atoms with E-state index in [-0.39, 0.29) is 0 Å². The summed E-state index contributed by atoms with van der Waals surface area (Å²) in [6.45, 7) is 3.31. The molecule has 1 aliphatic heterocycles. The Bertz CT molecular complexity index is 336. The SMILES string of the molecule is CCc1nsc(N2CCC[C@H]3C[C@@H]32)n1. The number of aromatic nitrogens is 2. The number of nitrogens with zero attached hydrogens (tertiary/aromatic N) is 3. The van der Waals surface area contributed by atoms with Crippen molar-refractivity contribution in [2.75, 3.05) is 11.4 Å². The molecular formula is C10H15N3S. The van der Waals surface area contributed by atoms with E-state index in [1.165, 1.54) is 25.8 Å². The van der Waals surface area contributed by atoms with Crippen LogP contribution in [0.25, 0.3) is 0 Å². The van der Waals surface area contributed by atoms with Gasteiger partial charge < -0.3 is 4.90 Å². The van der Waals surface area contributed by atoms with Crippen LogP contribution < -0.4 is 4.90 Å². The first-order chi connectivity index (χ1) is 6.88. The van der Waals surface area contributed by atoms with Gasteiger partial charge in [0.25, 0.3) is 0 Å². The Hall–Kier alpha value is -0.640. The average Bonchev–Trinajstić information content (AvgIpc) is 2.86. The molecular weight excluding hydrogens is 194 g/mol. The molecule has 14 heavy (non-hydrogen) atoms. The van der Waals surface area contributed by atoms with Gasteiger partial charge in [-0.1, -0.05) is 6.92 Å². The van der Waals surface area contributed by atoms with Gasteiger partial charge in [0, 0.05) is 30.5 Å². The van der Waals surface area contributed by atoms with Crippen molar-refractivity contribution in [2.24, 2.45) is 5.92 Å². The summed E-state index contributed by atoms with van der Waals surface area (Å²) in [6, 6.07) is 0.807. The van der Waals surface area contributed by atoms with Crippen LogP contribution in [0.1, 0.15) is 32.0 Å². The topological polar surface area (TPSA) is 29.0 Å². The molecule has 0 unspecified atom stereocenters. The van der Waals surface area contributed by atoms with Crippen LogP contribution in [0.15, 0.2) is 0 Å². The molecule has 3 rings (SSSR count). The highest BCUT2D eigenvalue weighted by Gasteiger charge is 2.45. The van der Waals surface area contributed by atoms with Gasteiger partial charge >= 0.3 is 0 Å². The molecule has 1 aliphatic carbocycles. The largest absolute Gasteiger partial charge is 0.344 e. The lowest BCUT2D eigenvalue weighted by Gasteiger charge is -2.25. The first-order valence-electron chi connectivity index (χ1n) is 5.47. The van der Waals surface area contributed by atoms with E-state index in [9.17, 15) is 0 Å². The van der Waals surface area contributed by atoms with Crippen LogP contribution >= 0.6 is 11.5 Å². The zero-order valence-electron chi connectivity index (χ0n) is 8.44. The fourth-order valence-corrected chi connectivity index (χ4v) is 3.19. The van der Waals surface area contributed by atoms with E-state index in [2.05, 4.69) is 21.2 Å². The third-order valence-electron chi connectivity index (χ3n) is 3.28. The van der Waals surface area contributed by atoms with E-state index in [1.54, 1.807) is 11.5 Å². The number of rotatable bonds is 2. The number of hydrogen-bond acceptors (Lipinski definition) is 4. The smallest absolute Gasteiger partial charge is 0.205 e. The summed E-state index contributed by atoms with van der Waals surface area (Å²) >= 11 is 1.58. The van der Waals surface area contributed by atoms with Crippen LogP contribution in [0.5, 0.6) is 0 Å². The number of aryl methyl sites for hydroxylation is 1. The lowest BCUT2D eigenvalue weighted by molar-refractivity contribution is 0.558. The second kappa shape index (κ2) is 3.19. The average molecular weight is 209 g/mol. The number of piperidine rings is 1. The van der Waals surface area contributed by atoms with E-state index in [4.69, 9.17) is 0 Å². The van der Waals surface area contributed by atoms with Gasteiger partial charge in [-0.2, -0.15) is 4.37 Å². The van der Waals surface area contributed by atoms with Crippen LogP contribution in [0.3, 0.4) is 0 Å². The van der Waals surface area contributed by atoms with Crippen LogP contribution in [0.4, 0.5) is 5.13 Å². The molecule has 1 aromatic heterocycles. The zero-order valence-corrected chi connectivity index (χ0v) is 9.26. The lowest BCUT2D eigenvalue weighted by atomic mass is 10.1. The summed E-state index contributed by atoms with van der Waals surface area (Å²) in [7, 11) is 0. The highest BCUT2D eigenvalue weighted by Crippen LogP contribution is 2.45. The number of anilines is 1.